The monoisotopic (exact) mass is 339 g/mol. The molecule has 0 spiro atoms. The summed E-state index contributed by atoms with van der Waals surface area (Å²) in [7, 11) is 1.73. The van der Waals surface area contributed by atoms with Gasteiger partial charge in [-0.15, -0.1) is 0 Å². The Hall–Kier alpha value is -2.35. The summed E-state index contributed by atoms with van der Waals surface area (Å²) < 4.78 is 0. The van der Waals surface area contributed by atoms with E-state index in [1.54, 1.807) is 11.9 Å². The molecule has 1 aromatic rings. The molecule has 1 saturated carbocycles. The van der Waals surface area contributed by atoms with E-state index in [-0.39, 0.29) is 17.9 Å². The van der Waals surface area contributed by atoms with Gasteiger partial charge in [0.1, 0.15) is 6.04 Å². The Labute approximate surface area is 149 Å². The molecule has 0 N–H and O–H groups in total. The molecule has 5 nitrogen and oxygen atoms in total. The first-order valence-corrected chi connectivity index (χ1v) is 9.13. The van der Waals surface area contributed by atoms with Crippen LogP contribution in [-0.2, 0) is 4.79 Å². The van der Waals surface area contributed by atoms with Crippen LogP contribution in [0, 0.1) is 17.2 Å². The van der Waals surface area contributed by atoms with E-state index in [1.807, 2.05) is 35.2 Å². The standard InChI is InChI=1S/C20H25N3O2/c1-22(13-7-12-21)20(25)18-14-16-10-5-6-11-17(16)23(18)19(24)15-8-3-2-4-9-15/h2-4,8-9,16-18H,5-7,10-11,13-14H2,1H3/t16-,17-,18+/m1/s1. The summed E-state index contributed by atoms with van der Waals surface area (Å²) >= 11 is 0. The number of hydrogen-bond donors (Lipinski definition) is 0. The van der Waals surface area contributed by atoms with Gasteiger partial charge in [0.15, 0.2) is 0 Å². The normalized spacial score (nSPS) is 25.1. The van der Waals surface area contributed by atoms with Crippen molar-refractivity contribution < 1.29 is 9.59 Å². The maximum absolute atomic E-state index is 13.2. The van der Waals surface area contributed by atoms with Gasteiger partial charge >= 0.3 is 0 Å². The molecule has 0 aromatic heterocycles. The molecule has 0 radical (unpaired) electrons. The van der Waals surface area contributed by atoms with E-state index in [9.17, 15) is 9.59 Å². The third kappa shape index (κ3) is 3.53. The molecule has 1 heterocycles. The molecular weight excluding hydrogens is 314 g/mol. The predicted molar refractivity (Wildman–Crippen MR) is 94.6 cm³/mol. The number of fused-ring (bicyclic) bond motifs is 1. The zero-order valence-electron chi connectivity index (χ0n) is 14.7. The minimum Gasteiger partial charge on any atom is -0.343 e. The number of amides is 2. The highest BCUT2D eigenvalue weighted by Crippen LogP contribution is 2.41. The topological polar surface area (TPSA) is 64.4 Å². The largest absolute Gasteiger partial charge is 0.343 e. The molecule has 2 amide bonds. The van der Waals surface area contributed by atoms with Crippen LogP contribution < -0.4 is 0 Å². The van der Waals surface area contributed by atoms with E-state index >= 15 is 0 Å². The lowest BCUT2D eigenvalue weighted by Gasteiger charge is -2.34. The first-order valence-electron chi connectivity index (χ1n) is 9.13. The second-order valence-corrected chi connectivity index (χ2v) is 7.11. The van der Waals surface area contributed by atoms with E-state index in [0.717, 1.165) is 25.7 Å². The maximum Gasteiger partial charge on any atom is 0.254 e. The number of rotatable bonds is 4. The first-order chi connectivity index (χ1) is 12.1. The minimum absolute atomic E-state index is 0.0334. The average molecular weight is 339 g/mol. The summed E-state index contributed by atoms with van der Waals surface area (Å²) in [5.41, 5.74) is 0.645. The van der Waals surface area contributed by atoms with Crippen LogP contribution in [0.1, 0.15) is 48.9 Å². The zero-order chi connectivity index (χ0) is 17.8. The van der Waals surface area contributed by atoms with Gasteiger partial charge in [0.25, 0.3) is 5.91 Å². The van der Waals surface area contributed by atoms with Crippen molar-refractivity contribution in [3.05, 3.63) is 35.9 Å². The molecule has 2 fully saturated rings. The summed E-state index contributed by atoms with van der Waals surface area (Å²) in [6.07, 6.45) is 5.43. The average Bonchev–Trinajstić information content (AvgIpc) is 3.05. The van der Waals surface area contributed by atoms with Gasteiger partial charge in [-0.05, 0) is 37.3 Å². The van der Waals surface area contributed by atoms with Gasteiger partial charge in [-0.2, -0.15) is 5.26 Å². The Morgan fingerprint density at radius 3 is 2.68 bits per heavy atom. The Balaban J connectivity index is 1.85. The van der Waals surface area contributed by atoms with Crippen molar-refractivity contribution in [2.45, 2.75) is 50.6 Å². The lowest BCUT2D eigenvalue weighted by molar-refractivity contribution is -0.134. The Morgan fingerprint density at radius 1 is 1.24 bits per heavy atom. The van der Waals surface area contributed by atoms with E-state index in [0.29, 0.717) is 24.4 Å². The molecule has 0 unspecified atom stereocenters. The molecule has 1 aliphatic carbocycles. The second-order valence-electron chi connectivity index (χ2n) is 7.11. The highest BCUT2D eigenvalue weighted by molar-refractivity contribution is 5.98. The number of likely N-dealkylation sites (tertiary alicyclic amines) is 1. The van der Waals surface area contributed by atoms with Crippen molar-refractivity contribution in [1.29, 1.82) is 5.26 Å². The number of nitrogens with zero attached hydrogens (tertiary/aromatic N) is 3. The third-order valence-corrected chi connectivity index (χ3v) is 5.56. The number of likely N-dealkylation sites (N-methyl/N-ethyl adjacent to an activating group) is 1. The Morgan fingerprint density at radius 2 is 1.96 bits per heavy atom. The first kappa shape index (κ1) is 17.5. The van der Waals surface area contributed by atoms with E-state index in [4.69, 9.17) is 5.26 Å². The van der Waals surface area contributed by atoms with Crippen molar-refractivity contribution >= 4 is 11.8 Å². The number of benzene rings is 1. The zero-order valence-corrected chi connectivity index (χ0v) is 14.7. The fourth-order valence-corrected chi connectivity index (χ4v) is 4.28. The smallest absolute Gasteiger partial charge is 0.254 e. The summed E-state index contributed by atoms with van der Waals surface area (Å²) in [5, 5.41) is 8.77. The number of carbonyl (C=O) groups is 2. The molecule has 132 valence electrons. The van der Waals surface area contributed by atoms with Crippen molar-refractivity contribution in [3.8, 4) is 6.07 Å². The van der Waals surface area contributed by atoms with Crippen LogP contribution in [0.3, 0.4) is 0 Å². The molecule has 5 heteroatoms. The molecule has 1 saturated heterocycles. The van der Waals surface area contributed by atoms with E-state index in [1.165, 1.54) is 6.42 Å². The van der Waals surface area contributed by atoms with Crippen LogP contribution in [0.15, 0.2) is 30.3 Å². The number of hydrogen-bond acceptors (Lipinski definition) is 3. The minimum atomic E-state index is -0.399. The molecule has 3 atom stereocenters. The molecule has 25 heavy (non-hydrogen) atoms. The van der Waals surface area contributed by atoms with Gasteiger partial charge in [0, 0.05) is 25.2 Å². The Kier molecular flexibility index (Phi) is 5.37. The van der Waals surface area contributed by atoms with Crippen LogP contribution in [0.5, 0.6) is 0 Å². The molecule has 2 aliphatic rings. The number of carbonyl (C=O) groups excluding carboxylic acids is 2. The molecule has 3 rings (SSSR count). The van der Waals surface area contributed by atoms with E-state index < -0.39 is 6.04 Å². The molecule has 0 bridgehead atoms. The summed E-state index contributed by atoms with van der Waals surface area (Å²) in [5.74, 6) is 0.343. The Bertz CT molecular complexity index is 667. The summed E-state index contributed by atoms with van der Waals surface area (Å²) in [6, 6.07) is 11.1. The number of nitriles is 1. The van der Waals surface area contributed by atoms with Crippen molar-refractivity contribution in [1.82, 2.24) is 9.80 Å². The maximum atomic E-state index is 13.2. The van der Waals surface area contributed by atoms with Crippen LogP contribution in [0.4, 0.5) is 0 Å². The van der Waals surface area contributed by atoms with Gasteiger partial charge in [0.2, 0.25) is 5.91 Å². The van der Waals surface area contributed by atoms with Crippen molar-refractivity contribution in [2.75, 3.05) is 13.6 Å². The van der Waals surface area contributed by atoms with E-state index in [2.05, 4.69) is 6.07 Å². The van der Waals surface area contributed by atoms with Gasteiger partial charge in [0.05, 0.1) is 12.5 Å². The fraction of sp³-hybridized carbons (Fsp3) is 0.550. The fourth-order valence-electron chi connectivity index (χ4n) is 4.28. The van der Waals surface area contributed by atoms with Crippen molar-refractivity contribution in [2.24, 2.45) is 5.92 Å². The van der Waals surface area contributed by atoms with Gasteiger partial charge in [-0.1, -0.05) is 31.0 Å². The van der Waals surface area contributed by atoms with Crippen LogP contribution in [-0.4, -0.2) is 47.3 Å². The third-order valence-electron chi connectivity index (χ3n) is 5.56. The van der Waals surface area contributed by atoms with Gasteiger partial charge < -0.3 is 9.80 Å². The van der Waals surface area contributed by atoms with Crippen LogP contribution in [0.25, 0.3) is 0 Å². The van der Waals surface area contributed by atoms with Gasteiger partial charge in [-0.25, -0.2) is 0 Å². The highest BCUT2D eigenvalue weighted by Gasteiger charge is 2.48. The quantitative estimate of drug-likeness (QED) is 0.847. The SMILES string of the molecule is CN(CCC#N)C(=O)[C@@H]1C[C@H]2CCCC[C@H]2N1C(=O)c1ccccc1. The summed E-state index contributed by atoms with van der Waals surface area (Å²) in [6.45, 7) is 0.411. The lowest BCUT2D eigenvalue weighted by atomic mass is 9.84. The van der Waals surface area contributed by atoms with Crippen molar-refractivity contribution in [3.63, 3.8) is 0 Å². The van der Waals surface area contributed by atoms with Crippen LogP contribution >= 0.6 is 0 Å². The van der Waals surface area contributed by atoms with Gasteiger partial charge in [-0.3, -0.25) is 9.59 Å². The second kappa shape index (κ2) is 7.69. The lowest BCUT2D eigenvalue weighted by Crippen LogP contribution is -2.50. The molecular formula is C20H25N3O2. The molecule has 1 aliphatic heterocycles. The highest BCUT2D eigenvalue weighted by atomic mass is 16.2. The predicted octanol–water partition coefficient (Wildman–Crippen LogP) is 2.83. The summed E-state index contributed by atoms with van der Waals surface area (Å²) in [4.78, 5) is 29.6. The van der Waals surface area contributed by atoms with Crippen LogP contribution in [0.2, 0.25) is 0 Å². The molecule has 1 aromatic carbocycles.